The molecule has 2 aromatic carbocycles. The second kappa shape index (κ2) is 6.60. The van der Waals surface area contributed by atoms with Crippen molar-refractivity contribution in [2.75, 3.05) is 26.1 Å². The van der Waals surface area contributed by atoms with E-state index >= 15 is 0 Å². The third-order valence-corrected chi connectivity index (χ3v) is 3.87. The smallest absolute Gasteiger partial charge is 0.231 e. The maximum Gasteiger partial charge on any atom is 0.231 e. The Morgan fingerprint density at radius 1 is 1.13 bits per heavy atom. The molecule has 0 radical (unpaired) electrons. The topological polar surface area (TPSA) is 56.8 Å². The number of carbonyl (C=O) groups excluding carboxylic acids is 1. The van der Waals surface area contributed by atoms with E-state index in [1.165, 1.54) is 0 Å². The minimum Gasteiger partial charge on any atom is -0.497 e. The molecule has 1 aliphatic heterocycles. The van der Waals surface area contributed by atoms with Crippen molar-refractivity contribution in [1.82, 2.24) is 0 Å². The lowest BCUT2D eigenvalue weighted by Gasteiger charge is -2.24. The lowest BCUT2D eigenvalue weighted by atomic mass is 9.96. The van der Waals surface area contributed by atoms with E-state index in [-0.39, 0.29) is 11.8 Å². The highest BCUT2D eigenvalue weighted by Gasteiger charge is 2.26. The van der Waals surface area contributed by atoms with Crippen LogP contribution in [-0.4, -0.2) is 26.7 Å². The second-order valence-corrected chi connectivity index (χ2v) is 5.41. The van der Waals surface area contributed by atoms with Crippen LogP contribution in [0.15, 0.2) is 42.5 Å². The van der Waals surface area contributed by atoms with Gasteiger partial charge in [0.1, 0.15) is 23.9 Å². The largest absolute Gasteiger partial charge is 0.497 e. The van der Waals surface area contributed by atoms with Crippen LogP contribution in [0.5, 0.6) is 17.2 Å². The Balaban J connectivity index is 1.73. The van der Waals surface area contributed by atoms with Crippen molar-refractivity contribution in [3.8, 4) is 17.2 Å². The van der Waals surface area contributed by atoms with Crippen LogP contribution in [0.4, 0.5) is 5.69 Å². The zero-order valence-corrected chi connectivity index (χ0v) is 13.2. The number of methoxy groups -OCH3 is 2. The molecule has 2 aromatic rings. The van der Waals surface area contributed by atoms with Crippen LogP contribution >= 0.6 is 0 Å². The highest BCUT2D eigenvalue weighted by atomic mass is 16.5. The molecule has 0 aliphatic carbocycles. The van der Waals surface area contributed by atoms with E-state index in [1.807, 2.05) is 24.3 Å². The first-order valence-electron chi connectivity index (χ1n) is 7.44. The van der Waals surface area contributed by atoms with Gasteiger partial charge >= 0.3 is 0 Å². The SMILES string of the molecule is COc1cc(NC(=O)C2COc3ccccc3C2)cc(OC)c1. The summed E-state index contributed by atoms with van der Waals surface area (Å²) < 4.78 is 16.1. The summed E-state index contributed by atoms with van der Waals surface area (Å²) in [4.78, 5) is 12.5. The molecule has 3 rings (SSSR count). The molecule has 0 spiro atoms. The van der Waals surface area contributed by atoms with Crippen molar-refractivity contribution in [2.45, 2.75) is 6.42 Å². The molecule has 5 nitrogen and oxygen atoms in total. The van der Waals surface area contributed by atoms with Gasteiger partial charge in [0, 0.05) is 23.9 Å². The molecule has 0 saturated heterocycles. The molecule has 1 aliphatic rings. The highest BCUT2D eigenvalue weighted by Crippen LogP contribution is 2.29. The fraction of sp³-hybridized carbons (Fsp3) is 0.278. The van der Waals surface area contributed by atoms with Crippen LogP contribution in [0.3, 0.4) is 0 Å². The molecule has 1 atom stereocenters. The summed E-state index contributed by atoms with van der Waals surface area (Å²) >= 11 is 0. The zero-order chi connectivity index (χ0) is 16.2. The minimum atomic E-state index is -0.220. The Hall–Kier alpha value is -2.69. The molecule has 1 unspecified atom stereocenters. The van der Waals surface area contributed by atoms with Crippen molar-refractivity contribution >= 4 is 11.6 Å². The summed E-state index contributed by atoms with van der Waals surface area (Å²) in [7, 11) is 3.15. The van der Waals surface area contributed by atoms with Gasteiger partial charge in [-0.25, -0.2) is 0 Å². The molecule has 0 fully saturated rings. The van der Waals surface area contributed by atoms with Crippen molar-refractivity contribution < 1.29 is 19.0 Å². The molecule has 0 saturated carbocycles. The third-order valence-electron chi connectivity index (χ3n) is 3.87. The van der Waals surface area contributed by atoms with E-state index in [2.05, 4.69) is 5.32 Å². The number of carbonyl (C=O) groups is 1. The molecule has 5 heteroatoms. The molecule has 23 heavy (non-hydrogen) atoms. The predicted octanol–water partition coefficient (Wildman–Crippen LogP) is 2.89. The molecule has 1 amide bonds. The average molecular weight is 313 g/mol. The van der Waals surface area contributed by atoms with Gasteiger partial charge in [0.2, 0.25) is 5.91 Å². The Morgan fingerprint density at radius 3 is 2.52 bits per heavy atom. The van der Waals surface area contributed by atoms with E-state index in [1.54, 1.807) is 32.4 Å². The molecular weight excluding hydrogens is 294 g/mol. The summed E-state index contributed by atoms with van der Waals surface area (Å²) in [6, 6.07) is 13.1. The summed E-state index contributed by atoms with van der Waals surface area (Å²) in [5, 5.41) is 2.91. The van der Waals surface area contributed by atoms with Crippen LogP contribution in [0, 0.1) is 5.92 Å². The number of para-hydroxylation sites is 1. The van der Waals surface area contributed by atoms with Crippen molar-refractivity contribution in [2.24, 2.45) is 5.92 Å². The first-order valence-corrected chi connectivity index (χ1v) is 7.44. The molecule has 1 N–H and O–H groups in total. The molecule has 0 aromatic heterocycles. The van der Waals surface area contributed by atoms with Gasteiger partial charge in [-0.3, -0.25) is 4.79 Å². The quantitative estimate of drug-likeness (QED) is 0.943. The summed E-state index contributed by atoms with van der Waals surface area (Å²) in [6.07, 6.45) is 0.670. The van der Waals surface area contributed by atoms with Gasteiger partial charge in [0.25, 0.3) is 0 Å². The van der Waals surface area contributed by atoms with Gasteiger partial charge < -0.3 is 19.5 Å². The molecule has 0 bridgehead atoms. The van der Waals surface area contributed by atoms with Gasteiger partial charge in [0.05, 0.1) is 20.1 Å². The number of hydrogen-bond acceptors (Lipinski definition) is 4. The number of ether oxygens (including phenoxy) is 3. The number of rotatable bonds is 4. The van der Waals surface area contributed by atoms with Crippen LogP contribution in [0.1, 0.15) is 5.56 Å². The Morgan fingerprint density at radius 2 is 1.83 bits per heavy atom. The lowest BCUT2D eigenvalue weighted by Crippen LogP contribution is -2.32. The van der Waals surface area contributed by atoms with E-state index in [4.69, 9.17) is 14.2 Å². The van der Waals surface area contributed by atoms with Gasteiger partial charge in [-0.1, -0.05) is 18.2 Å². The van der Waals surface area contributed by atoms with Gasteiger partial charge in [-0.05, 0) is 18.1 Å². The van der Waals surface area contributed by atoms with E-state index in [0.717, 1.165) is 11.3 Å². The predicted molar refractivity (Wildman–Crippen MR) is 87.3 cm³/mol. The standard InChI is InChI=1S/C18H19NO4/c1-21-15-8-14(9-16(10-15)22-2)19-18(20)13-7-12-5-3-4-6-17(12)23-11-13/h3-6,8-10,13H,7,11H2,1-2H3,(H,19,20). The van der Waals surface area contributed by atoms with Crippen LogP contribution in [0.25, 0.3) is 0 Å². The Bertz CT molecular complexity index is 692. The first kappa shape index (κ1) is 15.2. The maximum atomic E-state index is 12.5. The van der Waals surface area contributed by atoms with Crippen LogP contribution < -0.4 is 19.5 Å². The second-order valence-electron chi connectivity index (χ2n) is 5.41. The third kappa shape index (κ3) is 3.39. The monoisotopic (exact) mass is 313 g/mol. The number of hydrogen-bond donors (Lipinski definition) is 1. The maximum absolute atomic E-state index is 12.5. The summed E-state index contributed by atoms with van der Waals surface area (Å²) in [6.45, 7) is 0.379. The van der Waals surface area contributed by atoms with Gasteiger partial charge in [-0.2, -0.15) is 0 Å². The summed E-state index contributed by atoms with van der Waals surface area (Å²) in [5.41, 5.74) is 1.70. The normalized spacial score (nSPS) is 16.0. The van der Waals surface area contributed by atoms with E-state index < -0.39 is 0 Å². The van der Waals surface area contributed by atoms with Crippen molar-refractivity contribution in [1.29, 1.82) is 0 Å². The average Bonchev–Trinajstić information content (AvgIpc) is 2.60. The fourth-order valence-electron chi connectivity index (χ4n) is 2.62. The number of benzene rings is 2. The van der Waals surface area contributed by atoms with Crippen molar-refractivity contribution in [3.05, 3.63) is 48.0 Å². The van der Waals surface area contributed by atoms with E-state index in [9.17, 15) is 4.79 Å². The molecule has 1 heterocycles. The fourth-order valence-corrected chi connectivity index (χ4v) is 2.62. The highest BCUT2D eigenvalue weighted by molar-refractivity contribution is 5.93. The lowest BCUT2D eigenvalue weighted by molar-refractivity contribution is -0.121. The van der Waals surface area contributed by atoms with Gasteiger partial charge in [0.15, 0.2) is 0 Å². The molecular formula is C18H19NO4. The Kier molecular flexibility index (Phi) is 4.37. The summed E-state index contributed by atoms with van der Waals surface area (Å²) in [5.74, 6) is 1.83. The number of anilines is 1. The minimum absolute atomic E-state index is 0.0743. The van der Waals surface area contributed by atoms with Crippen LogP contribution in [0.2, 0.25) is 0 Å². The zero-order valence-electron chi connectivity index (χ0n) is 13.2. The first-order chi connectivity index (χ1) is 11.2. The Labute approximate surface area is 135 Å². The number of amides is 1. The van der Waals surface area contributed by atoms with E-state index in [0.29, 0.717) is 30.2 Å². The van der Waals surface area contributed by atoms with Gasteiger partial charge in [-0.15, -0.1) is 0 Å². The molecule has 120 valence electrons. The van der Waals surface area contributed by atoms with Crippen molar-refractivity contribution in [3.63, 3.8) is 0 Å². The van der Waals surface area contributed by atoms with Crippen LogP contribution in [-0.2, 0) is 11.2 Å². The number of nitrogens with one attached hydrogen (secondary N) is 1. The number of fused-ring (bicyclic) bond motifs is 1.